The molecule has 0 aliphatic carbocycles. The van der Waals surface area contributed by atoms with Gasteiger partial charge in [0.25, 0.3) is 0 Å². The first kappa shape index (κ1) is 14.5. The van der Waals surface area contributed by atoms with Gasteiger partial charge in [0.2, 0.25) is 0 Å². The molecule has 0 heterocycles. The SMILES string of the molecule is CCOC(=O)c1ccccc1C(=O)c1ccc(Br)cc1. The van der Waals surface area contributed by atoms with Crippen LogP contribution in [-0.2, 0) is 4.74 Å². The fraction of sp³-hybridized carbons (Fsp3) is 0.125. The van der Waals surface area contributed by atoms with Crippen LogP contribution in [0.25, 0.3) is 0 Å². The molecule has 2 aromatic rings. The lowest BCUT2D eigenvalue weighted by Gasteiger charge is -2.08. The topological polar surface area (TPSA) is 43.4 Å². The van der Waals surface area contributed by atoms with Crippen LogP contribution in [0.3, 0.4) is 0 Å². The van der Waals surface area contributed by atoms with Gasteiger partial charge in [-0.2, -0.15) is 0 Å². The molecule has 4 heteroatoms. The number of esters is 1. The Labute approximate surface area is 125 Å². The third-order valence-electron chi connectivity index (χ3n) is 2.77. The summed E-state index contributed by atoms with van der Waals surface area (Å²) in [6.45, 7) is 2.01. The Bertz CT molecular complexity index is 632. The highest BCUT2D eigenvalue weighted by Gasteiger charge is 2.18. The molecule has 0 atom stereocenters. The molecular formula is C16H13BrO3. The summed E-state index contributed by atoms with van der Waals surface area (Å²) in [5, 5.41) is 0. The summed E-state index contributed by atoms with van der Waals surface area (Å²) < 4.78 is 5.87. The van der Waals surface area contributed by atoms with Gasteiger partial charge in [0.15, 0.2) is 5.78 Å². The van der Waals surface area contributed by atoms with E-state index in [1.807, 2.05) is 0 Å². The van der Waals surface area contributed by atoms with Crippen molar-refractivity contribution < 1.29 is 14.3 Å². The molecule has 0 fully saturated rings. The summed E-state index contributed by atoms with van der Waals surface area (Å²) >= 11 is 3.32. The van der Waals surface area contributed by atoms with E-state index in [1.54, 1.807) is 55.5 Å². The molecule has 2 rings (SSSR count). The van der Waals surface area contributed by atoms with Crippen molar-refractivity contribution in [1.82, 2.24) is 0 Å². The lowest BCUT2D eigenvalue weighted by atomic mass is 9.98. The summed E-state index contributed by atoms with van der Waals surface area (Å²) in [5.41, 5.74) is 1.18. The maximum absolute atomic E-state index is 12.5. The lowest BCUT2D eigenvalue weighted by Crippen LogP contribution is -2.12. The molecule has 0 amide bonds. The second kappa shape index (κ2) is 6.48. The summed E-state index contributed by atoms with van der Waals surface area (Å²) in [6.07, 6.45) is 0. The summed E-state index contributed by atoms with van der Waals surface area (Å²) in [4.78, 5) is 24.3. The van der Waals surface area contributed by atoms with E-state index < -0.39 is 5.97 Å². The molecule has 0 saturated heterocycles. The first-order valence-electron chi connectivity index (χ1n) is 6.20. The number of carbonyl (C=O) groups is 2. The number of ketones is 1. The van der Waals surface area contributed by atoms with Crippen LogP contribution < -0.4 is 0 Å². The van der Waals surface area contributed by atoms with Gasteiger partial charge in [-0.05, 0) is 37.3 Å². The van der Waals surface area contributed by atoms with E-state index in [-0.39, 0.29) is 12.4 Å². The van der Waals surface area contributed by atoms with Crippen molar-refractivity contribution in [1.29, 1.82) is 0 Å². The van der Waals surface area contributed by atoms with Crippen LogP contribution in [0.1, 0.15) is 33.2 Å². The minimum Gasteiger partial charge on any atom is -0.462 e. The van der Waals surface area contributed by atoms with Gasteiger partial charge < -0.3 is 4.74 Å². The maximum atomic E-state index is 12.5. The molecule has 0 aliphatic heterocycles. The normalized spacial score (nSPS) is 10.1. The highest BCUT2D eigenvalue weighted by atomic mass is 79.9. The molecule has 102 valence electrons. The summed E-state index contributed by atoms with van der Waals surface area (Å²) in [6, 6.07) is 13.7. The molecule has 0 aliphatic rings. The Morgan fingerprint density at radius 3 is 2.20 bits per heavy atom. The highest BCUT2D eigenvalue weighted by Crippen LogP contribution is 2.18. The number of benzene rings is 2. The first-order chi connectivity index (χ1) is 9.63. The molecular weight excluding hydrogens is 320 g/mol. The largest absolute Gasteiger partial charge is 0.462 e. The Kier molecular flexibility index (Phi) is 4.69. The smallest absolute Gasteiger partial charge is 0.338 e. The fourth-order valence-electron chi connectivity index (χ4n) is 1.82. The molecule has 3 nitrogen and oxygen atoms in total. The number of rotatable bonds is 4. The predicted octanol–water partition coefficient (Wildman–Crippen LogP) is 3.86. The Hall–Kier alpha value is -1.94. The second-order valence-electron chi connectivity index (χ2n) is 4.10. The molecule has 0 radical (unpaired) electrons. The Morgan fingerprint density at radius 1 is 1.00 bits per heavy atom. The standard InChI is InChI=1S/C16H13BrO3/c1-2-20-16(19)14-6-4-3-5-13(14)15(18)11-7-9-12(17)10-8-11/h3-10H,2H2,1H3. The summed E-state index contributed by atoms with van der Waals surface area (Å²) in [5.74, 6) is -0.672. The van der Waals surface area contributed by atoms with Crippen LogP contribution in [0.15, 0.2) is 53.0 Å². The van der Waals surface area contributed by atoms with Crippen molar-refractivity contribution in [3.05, 3.63) is 69.7 Å². The molecule has 0 N–H and O–H groups in total. The Morgan fingerprint density at radius 2 is 1.60 bits per heavy atom. The van der Waals surface area contributed by atoms with Crippen molar-refractivity contribution in [3.63, 3.8) is 0 Å². The molecule has 0 aromatic heterocycles. The minimum absolute atomic E-state index is 0.193. The Balaban J connectivity index is 2.39. The molecule has 0 bridgehead atoms. The quantitative estimate of drug-likeness (QED) is 0.630. The minimum atomic E-state index is -0.478. The number of hydrogen-bond acceptors (Lipinski definition) is 3. The van der Waals surface area contributed by atoms with Gasteiger partial charge in [-0.3, -0.25) is 4.79 Å². The van der Waals surface area contributed by atoms with Crippen molar-refractivity contribution in [2.45, 2.75) is 6.92 Å². The van der Waals surface area contributed by atoms with Gasteiger partial charge in [0.1, 0.15) is 0 Å². The predicted molar refractivity (Wildman–Crippen MR) is 80.0 cm³/mol. The van der Waals surface area contributed by atoms with E-state index in [0.29, 0.717) is 16.7 Å². The van der Waals surface area contributed by atoms with Crippen LogP contribution in [0.2, 0.25) is 0 Å². The fourth-order valence-corrected chi connectivity index (χ4v) is 2.09. The number of hydrogen-bond donors (Lipinski definition) is 0. The summed E-state index contributed by atoms with van der Waals surface area (Å²) in [7, 11) is 0. The van der Waals surface area contributed by atoms with E-state index in [1.165, 1.54) is 0 Å². The van der Waals surface area contributed by atoms with Gasteiger partial charge in [-0.1, -0.05) is 34.1 Å². The number of ether oxygens (including phenoxy) is 1. The van der Waals surface area contributed by atoms with E-state index in [4.69, 9.17) is 4.74 Å². The van der Waals surface area contributed by atoms with Crippen LogP contribution in [0.4, 0.5) is 0 Å². The number of carbonyl (C=O) groups excluding carboxylic acids is 2. The van der Waals surface area contributed by atoms with Crippen molar-refractivity contribution >= 4 is 27.7 Å². The van der Waals surface area contributed by atoms with E-state index >= 15 is 0 Å². The van der Waals surface area contributed by atoms with Gasteiger partial charge >= 0.3 is 5.97 Å². The van der Waals surface area contributed by atoms with Gasteiger partial charge in [-0.15, -0.1) is 0 Å². The lowest BCUT2D eigenvalue weighted by molar-refractivity contribution is 0.0523. The average Bonchev–Trinajstić information content (AvgIpc) is 2.47. The van der Waals surface area contributed by atoms with Crippen molar-refractivity contribution in [3.8, 4) is 0 Å². The zero-order valence-corrected chi connectivity index (χ0v) is 12.5. The first-order valence-corrected chi connectivity index (χ1v) is 6.99. The third-order valence-corrected chi connectivity index (χ3v) is 3.30. The van der Waals surface area contributed by atoms with E-state index in [2.05, 4.69) is 15.9 Å². The zero-order chi connectivity index (χ0) is 14.5. The highest BCUT2D eigenvalue weighted by molar-refractivity contribution is 9.10. The van der Waals surface area contributed by atoms with Gasteiger partial charge in [0.05, 0.1) is 12.2 Å². The molecule has 0 unspecified atom stereocenters. The number of halogens is 1. The monoisotopic (exact) mass is 332 g/mol. The maximum Gasteiger partial charge on any atom is 0.338 e. The van der Waals surface area contributed by atoms with Crippen molar-refractivity contribution in [2.24, 2.45) is 0 Å². The van der Waals surface area contributed by atoms with Crippen molar-refractivity contribution in [2.75, 3.05) is 6.61 Å². The molecule has 20 heavy (non-hydrogen) atoms. The van der Waals surface area contributed by atoms with E-state index in [9.17, 15) is 9.59 Å². The van der Waals surface area contributed by atoms with Crippen LogP contribution in [-0.4, -0.2) is 18.4 Å². The van der Waals surface area contributed by atoms with E-state index in [0.717, 1.165) is 4.47 Å². The van der Waals surface area contributed by atoms with Gasteiger partial charge in [0, 0.05) is 15.6 Å². The van der Waals surface area contributed by atoms with Crippen LogP contribution in [0, 0.1) is 0 Å². The average molecular weight is 333 g/mol. The zero-order valence-electron chi connectivity index (χ0n) is 10.9. The van der Waals surface area contributed by atoms with Crippen LogP contribution in [0.5, 0.6) is 0 Å². The molecule has 0 spiro atoms. The second-order valence-corrected chi connectivity index (χ2v) is 5.02. The molecule has 0 saturated carbocycles. The third kappa shape index (κ3) is 3.14. The molecule has 2 aromatic carbocycles. The van der Waals surface area contributed by atoms with Crippen LogP contribution >= 0.6 is 15.9 Å². The van der Waals surface area contributed by atoms with Gasteiger partial charge in [-0.25, -0.2) is 4.79 Å².